The number of halogens is 1. The second kappa shape index (κ2) is 8.81. The molecule has 0 radical (unpaired) electrons. The van der Waals surface area contributed by atoms with Crippen molar-refractivity contribution >= 4 is 29.3 Å². The molecule has 1 heterocycles. The van der Waals surface area contributed by atoms with Gasteiger partial charge in [-0.05, 0) is 35.9 Å². The lowest BCUT2D eigenvalue weighted by atomic mass is 10.2. The standard InChI is InChI=1S/C20H21ClN2O2/c21-18-6-1-16(2-7-18)5-10-20(24)22-19-8-3-17(4-9-19)15-23-11-13-25-14-12-23/h1-10H,11-15H2,(H,22,24)/p+1/b10-5+. The van der Waals surface area contributed by atoms with Crippen LogP contribution in [0.5, 0.6) is 0 Å². The summed E-state index contributed by atoms with van der Waals surface area (Å²) in [6, 6.07) is 15.4. The van der Waals surface area contributed by atoms with E-state index in [9.17, 15) is 4.79 Å². The van der Waals surface area contributed by atoms with Crippen molar-refractivity contribution in [2.24, 2.45) is 0 Å². The van der Waals surface area contributed by atoms with Crippen LogP contribution >= 0.6 is 11.6 Å². The van der Waals surface area contributed by atoms with Gasteiger partial charge in [0, 0.05) is 22.3 Å². The number of carbonyl (C=O) groups excluding carboxylic acids is 1. The van der Waals surface area contributed by atoms with Gasteiger partial charge in [-0.25, -0.2) is 0 Å². The lowest BCUT2D eigenvalue weighted by molar-refractivity contribution is -0.921. The summed E-state index contributed by atoms with van der Waals surface area (Å²) < 4.78 is 5.38. The van der Waals surface area contributed by atoms with E-state index in [1.165, 1.54) is 16.5 Å². The quantitative estimate of drug-likeness (QED) is 0.807. The monoisotopic (exact) mass is 357 g/mol. The average Bonchev–Trinajstić information content (AvgIpc) is 2.64. The second-order valence-corrected chi connectivity index (χ2v) is 6.55. The third-order valence-electron chi connectivity index (χ3n) is 4.17. The van der Waals surface area contributed by atoms with E-state index >= 15 is 0 Å². The van der Waals surface area contributed by atoms with E-state index in [-0.39, 0.29) is 5.91 Å². The Bertz CT molecular complexity index is 720. The van der Waals surface area contributed by atoms with Crippen LogP contribution in [0.25, 0.3) is 6.08 Å². The smallest absolute Gasteiger partial charge is 0.248 e. The van der Waals surface area contributed by atoms with Crippen molar-refractivity contribution in [2.75, 3.05) is 31.6 Å². The zero-order valence-electron chi connectivity index (χ0n) is 14.0. The van der Waals surface area contributed by atoms with Gasteiger partial charge >= 0.3 is 0 Å². The summed E-state index contributed by atoms with van der Waals surface area (Å²) in [4.78, 5) is 13.5. The first-order valence-electron chi connectivity index (χ1n) is 8.44. The highest BCUT2D eigenvalue weighted by atomic mass is 35.5. The Hall–Kier alpha value is -2.14. The minimum Gasteiger partial charge on any atom is -0.370 e. The van der Waals surface area contributed by atoms with Crippen molar-refractivity contribution in [2.45, 2.75) is 6.54 Å². The van der Waals surface area contributed by atoms with Crippen LogP contribution < -0.4 is 10.2 Å². The number of amides is 1. The Kier molecular flexibility index (Phi) is 6.23. The molecule has 1 saturated heterocycles. The van der Waals surface area contributed by atoms with Crippen LogP contribution in [0.4, 0.5) is 5.69 Å². The predicted molar refractivity (Wildman–Crippen MR) is 101 cm³/mol. The molecular formula is C20H22ClN2O2+. The SMILES string of the molecule is O=C(/C=C/c1ccc(Cl)cc1)Nc1ccc(C[NH+]2CCOCC2)cc1. The van der Waals surface area contributed by atoms with Crippen molar-refractivity contribution in [3.05, 3.63) is 70.8 Å². The third kappa shape index (κ3) is 5.71. The molecule has 0 aliphatic carbocycles. The highest BCUT2D eigenvalue weighted by Gasteiger charge is 2.13. The van der Waals surface area contributed by atoms with Gasteiger partial charge < -0.3 is 15.0 Å². The highest BCUT2D eigenvalue weighted by molar-refractivity contribution is 6.30. The molecule has 2 aromatic rings. The molecule has 130 valence electrons. The molecule has 0 bridgehead atoms. The molecule has 1 aliphatic rings. The van der Waals surface area contributed by atoms with Crippen LogP contribution in [-0.2, 0) is 16.1 Å². The van der Waals surface area contributed by atoms with Crippen LogP contribution in [0.15, 0.2) is 54.6 Å². The normalized spacial score (nSPS) is 15.4. The number of hydrogen-bond donors (Lipinski definition) is 2. The van der Waals surface area contributed by atoms with Gasteiger partial charge in [0.1, 0.15) is 19.6 Å². The number of hydrogen-bond acceptors (Lipinski definition) is 2. The summed E-state index contributed by atoms with van der Waals surface area (Å²) in [6.45, 7) is 4.77. The van der Waals surface area contributed by atoms with Crippen LogP contribution in [-0.4, -0.2) is 32.2 Å². The minimum absolute atomic E-state index is 0.151. The largest absolute Gasteiger partial charge is 0.370 e. The number of morpholine rings is 1. The van der Waals surface area contributed by atoms with E-state index in [0.717, 1.165) is 44.1 Å². The fourth-order valence-corrected chi connectivity index (χ4v) is 2.89. The second-order valence-electron chi connectivity index (χ2n) is 6.11. The maximum atomic E-state index is 12.0. The van der Waals surface area contributed by atoms with E-state index in [4.69, 9.17) is 16.3 Å². The van der Waals surface area contributed by atoms with Gasteiger partial charge in [0.15, 0.2) is 0 Å². The highest BCUT2D eigenvalue weighted by Crippen LogP contribution is 2.12. The molecule has 0 atom stereocenters. The Labute approximate surface area is 153 Å². The summed E-state index contributed by atoms with van der Waals surface area (Å²) in [6.07, 6.45) is 3.29. The lowest BCUT2D eigenvalue weighted by Crippen LogP contribution is -3.12. The van der Waals surface area contributed by atoms with E-state index in [1.54, 1.807) is 18.2 Å². The molecule has 1 fully saturated rings. The van der Waals surface area contributed by atoms with Gasteiger partial charge in [-0.1, -0.05) is 35.9 Å². The minimum atomic E-state index is -0.151. The maximum Gasteiger partial charge on any atom is 0.248 e. The molecule has 0 saturated carbocycles. The molecule has 1 aliphatic heterocycles. The first-order chi connectivity index (χ1) is 12.2. The number of benzene rings is 2. The fourth-order valence-electron chi connectivity index (χ4n) is 2.76. The van der Waals surface area contributed by atoms with Crippen LogP contribution in [0.3, 0.4) is 0 Å². The van der Waals surface area contributed by atoms with Gasteiger partial charge in [-0.15, -0.1) is 0 Å². The van der Waals surface area contributed by atoms with Gasteiger partial charge in [-0.2, -0.15) is 0 Å². The summed E-state index contributed by atoms with van der Waals surface area (Å²) >= 11 is 5.84. The molecule has 4 nitrogen and oxygen atoms in total. The topological polar surface area (TPSA) is 42.8 Å². The lowest BCUT2D eigenvalue weighted by Gasteiger charge is -2.23. The van der Waals surface area contributed by atoms with Crippen molar-refractivity contribution in [3.8, 4) is 0 Å². The Morgan fingerprint density at radius 1 is 1.08 bits per heavy atom. The maximum absolute atomic E-state index is 12.0. The fraction of sp³-hybridized carbons (Fsp3) is 0.250. The summed E-state index contributed by atoms with van der Waals surface area (Å²) in [5.74, 6) is -0.151. The number of rotatable bonds is 5. The molecule has 0 aromatic heterocycles. The number of anilines is 1. The van der Waals surface area contributed by atoms with E-state index in [2.05, 4.69) is 17.4 Å². The first-order valence-corrected chi connectivity index (χ1v) is 8.82. The molecule has 0 unspecified atom stereocenters. The molecular weight excluding hydrogens is 336 g/mol. The van der Waals surface area contributed by atoms with Crippen LogP contribution in [0.2, 0.25) is 5.02 Å². The van der Waals surface area contributed by atoms with Gasteiger partial charge in [-0.3, -0.25) is 4.79 Å². The average molecular weight is 358 g/mol. The number of carbonyl (C=O) groups is 1. The Morgan fingerprint density at radius 2 is 1.76 bits per heavy atom. The van der Waals surface area contributed by atoms with Crippen LogP contribution in [0, 0.1) is 0 Å². The molecule has 25 heavy (non-hydrogen) atoms. The van der Waals surface area contributed by atoms with Gasteiger partial charge in [0.05, 0.1) is 13.2 Å². The van der Waals surface area contributed by atoms with E-state index in [0.29, 0.717) is 5.02 Å². The summed E-state index contributed by atoms with van der Waals surface area (Å²) in [7, 11) is 0. The number of ether oxygens (including phenoxy) is 1. The van der Waals surface area contributed by atoms with Gasteiger partial charge in [0.25, 0.3) is 0 Å². The Morgan fingerprint density at radius 3 is 2.44 bits per heavy atom. The number of nitrogens with one attached hydrogen (secondary N) is 2. The van der Waals surface area contributed by atoms with Gasteiger partial charge in [0.2, 0.25) is 5.91 Å². The predicted octanol–water partition coefficient (Wildman–Crippen LogP) is 2.41. The molecule has 3 rings (SSSR count). The molecule has 5 heteroatoms. The molecule has 0 spiro atoms. The van der Waals surface area contributed by atoms with Crippen molar-refractivity contribution in [1.82, 2.24) is 0 Å². The van der Waals surface area contributed by atoms with Crippen molar-refractivity contribution < 1.29 is 14.4 Å². The summed E-state index contributed by atoms with van der Waals surface area (Å²) in [5.41, 5.74) is 3.00. The first kappa shape index (κ1) is 17.7. The van der Waals surface area contributed by atoms with Crippen LogP contribution in [0.1, 0.15) is 11.1 Å². The summed E-state index contributed by atoms with van der Waals surface area (Å²) in [5, 5.41) is 3.56. The molecule has 2 aromatic carbocycles. The zero-order chi connectivity index (χ0) is 17.5. The number of quaternary nitrogens is 1. The zero-order valence-corrected chi connectivity index (χ0v) is 14.8. The third-order valence-corrected chi connectivity index (χ3v) is 4.42. The van der Waals surface area contributed by atoms with E-state index in [1.807, 2.05) is 24.3 Å². The van der Waals surface area contributed by atoms with Crippen molar-refractivity contribution in [3.63, 3.8) is 0 Å². The Balaban J connectivity index is 1.51. The molecule has 1 amide bonds. The van der Waals surface area contributed by atoms with Crippen molar-refractivity contribution in [1.29, 1.82) is 0 Å². The van der Waals surface area contributed by atoms with E-state index < -0.39 is 0 Å². The molecule has 2 N–H and O–H groups in total.